The van der Waals surface area contributed by atoms with Crippen LogP contribution in [0.2, 0.25) is 0 Å². The minimum atomic E-state index is -0.776. The molecule has 0 aromatic heterocycles. The van der Waals surface area contributed by atoms with Crippen LogP contribution in [0.15, 0.2) is 42.5 Å². The van der Waals surface area contributed by atoms with Gasteiger partial charge in [-0.25, -0.2) is 13.6 Å². The molecular weight excluding hydrogens is 252 g/mol. The van der Waals surface area contributed by atoms with Crippen molar-refractivity contribution < 1.29 is 13.6 Å². The fourth-order valence-electron chi connectivity index (χ4n) is 1.50. The average Bonchev–Trinajstić information content (AvgIpc) is 2.37. The van der Waals surface area contributed by atoms with E-state index in [0.29, 0.717) is 0 Å². The van der Waals surface area contributed by atoms with Crippen LogP contribution in [-0.4, -0.2) is 6.03 Å². The van der Waals surface area contributed by atoms with Crippen LogP contribution < -0.4 is 16.4 Å². The van der Waals surface area contributed by atoms with Crippen LogP contribution in [0.25, 0.3) is 0 Å². The molecule has 0 unspecified atom stereocenters. The SMILES string of the molecule is Nc1cccc(F)c1NC(=O)Nc1ccccc1F. The fraction of sp³-hybridized carbons (Fsp3) is 0. The quantitative estimate of drug-likeness (QED) is 0.728. The second-order valence-electron chi connectivity index (χ2n) is 3.76. The van der Waals surface area contributed by atoms with Crippen molar-refractivity contribution in [2.75, 3.05) is 16.4 Å². The van der Waals surface area contributed by atoms with E-state index < -0.39 is 17.7 Å². The number of urea groups is 1. The lowest BCUT2D eigenvalue weighted by molar-refractivity contribution is 0.262. The first-order valence-corrected chi connectivity index (χ1v) is 5.44. The van der Waals surface area contributed by atoms with Gasteiger partial charge in [0, 0.05) is 0 Å². The zero-order valence-electron chi connectivity index (χ0n) is 9.78. The Bertz CT molecular complexity index is 596. The van der Waals surface area contributed by atoms with Crippen LogP contribution in [0.4, 0.5) is 30.6 Å². The summed E-state index contributed by atoms with van der Waals surface area (Å²) < 4.78 is 26.7. The third-order valence-electron chi connectivity index (χ3n) is 2.41. The van der Waals surface area contributed by atoms with Crippen LogP contribution in [-0.2, 0) is 0 Å². The van der Waals surface area contributed by atoms with Gasteiger partial charge >= 0.3 is 6.03 Å². The molecule has 0 spiro atoms. The van der Waals surface area contributed by atoms with Gasteiger partial charge in [-0.15, -0.1) is 0 Å². The van der Waals surface area contributed by atoms with E-state index in [0.717, 1.165) is 6.07 Å². The number of hydrogen-bond donors (Lipinski definition) is 3. The number of amides is 2. The van der Waals surface area contributed by atoms with E-state index in [-0.39, 0.29) is 17.1 Å². The van der Waals surface area contributed by atoms with Gasteiger partial charge in [0.15, 0.2) is 0 Å². The Morgan fingerprint density at radius 3 is 2.32 bits per heavy atom. The van der Waals surface area contributed by atoms with E-state index in [2.05, 4.69) is 10.6 Å². The number of anilines is 3. The number of benzene rings is 2. The van der Waals surface area contributed by atoms with E-state index in [1.165, 1.54) is 30.3 Å². The van der Waals surface area contributed by atoms with Gasteiger partial charge in [-0.3, -0.25) is 0 Å². The number of halogens is 2. The van der Waals surface area contributed by atoms with E-state index in [1.54, 1.807) is 6.07 Å². The molecule has 0 bridgehead atoms. The molecule has 0 atom stereocenters. The Morgan fingerprint density at radius 1 is 0.947 bits per heavy atom. The van der Waals surface area contributed by atoms with Gasteiger partial charge in [0.1, 0.15) is 17.3 Å². The normalized spacial score (nSPS) is 10.0. The second kappa shape index (κ2) is 5.34. The van der Waals surface area contributed by atoms with Crippen LogP contribution in [0, 0.1) is 11.6 Å². The molecule has 0 aliphatic carbocycles. The highest BCUT2D eigenvalue weighted by atomic mass is 19.1. The maximum absolute atomic E-state index is 13.4. The predicted octanol–water partition coefficient (Wildman–Crippen LogP) is 3.19. The number of rotatable bonds is 2. The Morgan fingerprint density at radius 2 is 1.63 bits per heavy atom. The third-order valence-corrected chi connectivity index (χ3v) is 2.41. The first-order chi connectivity index (χ1) is 9.08. The summed E-state index contributed by atoms with van der Waals surface area (Å²) in [5.41, 5.74) is 5.48. The van der Waals surface area contributed by atoms with Gasteiger partial charge < -0.3 is 16.4 Å². The van der Waals surface area contributed by atoms with Crippen molar-refractivity contribution in [1.29, 1.82) is 0 Å². The van der Waals surface area contributed by atoms with Gasteiger partial charge in [-0.1, -0.05) is 18.2 Å². The third kappa shape index (κ3) is 2.98. The largest absolute Gasteiger partial charge is 0.397 e. The highest BCUT2D eigenvalue weighted by Crippen LogP contribution is 2.22. The van der Waals surface area contributed by atoms with E-state index in [4.69, 9.17) is 5.73 Å². The van der Waals surface area contributed by atoms with Gasteiger partial charge in [0.2, 0.25) is 0 Å². The first-order valence-electron chi connectivity index (χ1n) is 5.44. The number of carbonyl (C=O) groups excluding carboxylic acids is 1. The summed E-state index contributed by atoms with van der Waals surface area (Å²) in [6, 6.07) is 8.90. The molecule has 4 nitrogen and oxygen atoms in total. The maximum atomic E-state index is 13.4. The predicted molar refractivity (Wildman–Crippen MR) is 69.9 cm³/mol. The molecule has 2 aromatic rings. The summed E-state index contributed by atoms with van der Waals surface area (Å²) >= 11 is 0. The fourth-order valence-corrected chi connectivity index (χ4v) is 1.50. The van der Waals surface area contributed by atoms with Crippen molar-refractivity contribution in [3.05, 3.63) is 54.1 Å². The number of nitrogens with one attached hydrogen (secondary N) is 2. The van der Waals surface area contributed by atoms with Gasteiger partial charge in [-0.2, -0.15) is 0 Å². The lowest BCUT2D eigenvalue weighted by Crippen LogP contribution is -2.21. The summed E-state index contributed by atoms with van der Waals surface area (Å²) in [7, 11) is 0. The zero-order chi connectivity index (χ0) is 13.8. The number of nitrogens with two attached hydrogens (primary N) is 1. The van der Waals surface area contributed by atoms with Crippen molar-refractivity contribution >= 4 is 23.1 Å². The maximum Gasteiger partial charge on any atom is 0.323 e. The van der Waals surface area contributed by atoms with Crippen molar-refractivity contribution in [2.45, 2.75) is 0 Å². The molecule has 2 aromatic carbocycles. The average molecular weight is 263 g/mol. The van der Waals surface area contributed by atoms with E-state index in [1.807, 2.05) is 0 Å². The van der Waals surface area contributed by atoms with Crippen LogP contribution in [0.1, 0.15) is 0 Å². The molecule has 0 saturated carbocycles. The van der Waals surface area contributed by atoms with Gasteiger partial charge in [-0.05, 0) is 24.3 Å². The molecule has 0 fully saturated rings. The molecule has 6 heteroatoms. The Balaban J connectivity index is 2.12. The molecule has 0 radical (unpaired) electrons. The van der Waals surface area contributed by atoms with Crippen molar-refractivity contribution in [1.82, 2.24) is 0 Å². The topological polar surface area (TPSA) is 67.1 Å². The van der Waals surface area contributed by atoms with Crippen molar-refractivity contribution in [2.24, 2.45) is 0 Å². The summed E-state index contributed by atoms with van der Waals surface area (Å²) in [5.74, 6) is -1.25. The Labute approximate surface area is 108 Å². The summed E-state index contributed by atoms with van der Waals surface area (Å²) in [6.07, 6.45) is 0. The van der Waals surface area contributed by atoms with Crippen LogP contribution in [0.5, 0.6) is 0 Å². The molecule has 0 aliphatic heterocycles. The number of hydrogen-bond acceptors (Lipinski definition) is 2. The van der Waals surface area contributed by atoms with Crippen LogP contribution >= 0.6 is 0 Å². The molecule has 0 aliphatic rings. The molecule has 0 saturated heterocycles. The molecule has 0 heterocycles. The van der Waals surface area contributed by atoms with E-state index in [9.17, 15) is 13.6 Å². The Hall–Kier alpha value is -2.63. The van der Waals surface area contributed by atoms with Gasteiger partial charge in [0.05, 0.1) is 11.4 Å². The molecule has 19 heavy (non-hydrogen) atoms. The summed E-state index contributed by atoms with van der Waals surface area (Å²) in [5, 5.41) is 4.50. The number of nitrogen functional groups attached to an aromatic ring is 1. The lowest BCUT2D eigenvalue weighted by Gasteiger charge is -2.10. The van der Waals surface area contributed by atoms with E-state index >= 15 is 0 Å². The lowest BCUT2D eigenvalue weighted by atomic mass is 10.2. The van der Waals surface area contributed by atoms with Gasteiger partial charge in [0.25, 0.3) is 0 Å². The molecule has 98 valence electrons. The Kier molecular flexibility index (Phi) is 3.61. The minimum Gasteiger partial charge on any atom is -0.397 e. The molecule has 2 rings (SSSR count). The molecule has 4 N–H and O–H groups in total. The number of para-hydroxylation sites is 2. The smallest absolute Gasteiger partial charge is 0.323 e. The monoisotopic (exact) mass is 263 g/mol. The zero-order valence-corrected chi connectivity index (χ0v) is 9.78. The van der Waals surface area contributed by atoms with Crippen molar-refractivity contribution in [3.8, 4) is 0 Å². The molecular formula is C13H11F2N3O. The second-order valence-corrected chi connectivity index (χ2v) is 3.76. The van der Waals surface area contributed by atoms with Crippen molar-refractivity contribution in [3.63, 3.8) is 0 Å². The number of carbonyl (C=O) groups is 1. The summed E-state index contributed by atoms with van der Waals surface area (Å²) in [6.45, 7) is 0. The minimum absolute atomic E-state index is 0.00471. The first kappa shape index (κ1) is 12.8. The highest BCUT2D eigenvalue weighted by Gasteiger charge is 2.11. The highest BCUT2D eigenvalue weighted by molar-refractivity contribution is 6.01. The molecule has 2 amide bonds. The van der Waals surface area contributed by atoms with Crippen LogP contribution in [0.3, 0.4) is 0 Å². The standard InChI is InChI=1S/C13H11F2N3O/c14-8-4-1-2-7-11(8)17-13(19)18-12-9(15)5-3-6-10(12)16/h1-7H,16H2,(H2,17,18,19). The summed E-state index contributed by atoms with van der Waals surface area (Å²) in [4.78, 5) is 11.6.